The molecular weight excluding hydrogens is 186 g/mol. The quantitative estimate of drug-likeness (QED) is 0.469. The van der Waals surface area contributed by atoms with Crippen molar-refractivity contribution in [1.29, 1.82) is 0 Å². The molecule has 0 unspecified atom stereocenters. The largest absolute Gasteiger partial charge is 0.508 e. The maximum Gasteiger partial charge on any atom is 0.330 e. The number of nitrogen functional groups attached to an aromatic ring is 1. The van der Waals surface area contributed by atoms with Crippen molar-refractivity contribution in [3.63, 3.8) is 0 Å². The third kappa shape index (κ3) is 1.05. The van der Waals surface area contributed by atoms with E-state index < -0.39 is 4.92 Å². The Morgan fingerprint density at radius 3 is 2.79 bits per heavy atom. The third-order valence-electron chi connectivity index (χ3n) is 1.98. The Balaban J connectivity index is 2.84. The zero-order valence-electron chi connectivity index (χ0n) is 7.02. The number of nitrogens with two attached hydrogens (primary N) is 1. The number of phenolic OH excluding ortho intramolecular Hbond substituents is 1. The maximum absolute atomic E-state index is 10.6. The Hall–Kier alpha value is -2.24. The summed E-state index contributed by atoms with van der Waals surface area (Å²) in [5.41, 5.74) is 5.51. The first kappa shape index (κ1) is 8.36. The van der Waals surface area contributed by atoms with Crippen LogP contribution in [-0.4, -0.2) is 15.0 Å². The van der Waals surface area contributed by atoms with Gasteiger partial charge in [-0.05, 0) is 23.1 Å². The molecule has 0 bridgehead atoms. The SMILES string of the molecule is Nc1[nH]c([N+](=O)[O-])c2ccc(O)cc12. The molecule has 0 radical (unpaired) electrons. The zero-order chi connectivity index (χ0) is 10.3. The van der Waals surface area contributed by atoms with Crippen LogP contribution in [0.1, 0.15) is 0 Å². The van der Waals surface area contributed by atoms with Gasteiger partial charge in [0, 0.05) is 0 Å². The Morgan fingerprint density at radius 2 is 2.14 bits per heavy atom. The molecule has 0 aliphatic carbocycles. The van der Waals surface area contributed by atoms with Crippen molar-refractivity contribution in [1.82, 2.24) is 4.98 Å². The molecule has 14 heavy (non-hydrogen) atoms. The van der Waals surface area contributed by atoms with Crippen LogP contribution >= 0.6 is 0 Å². The Labute approximate surface area is 78.1 Å². The number of phenols is 1. The summed E-state index contributed by atoms with van der Waals surface area (Å²) in [5, 5.41) is 20.6. The maximum atomic E-state index is 10.6. The van der Waals surface area contributed by atoms with Crippen molar-refractivity contribution in [2.75, 3.05) is 5.73 Å². The summed E-state index contributed by atoms with van der Waals surface area (Å²) in [4.78, 5) is 12.5. The number of anilines is 1. The summed E-state index contributed by atoms with van der Waals surface area (Å²) in [7, 11) is 0. The van der Waals surface area contributed by atoms with Crippen LogP contribution in [0.25, 0.3) is 10.8 Å². The number of aromatic hydroxyl groups is 1. The first-order valence-electron chi connectivity index (χ1n) is 3.84. The summed E-state index contributed by atoms with van der Waals surface area (Å²) in [6, 6.07) is 4.21. The number of H-pyrrole nitrogens is 1. The van der Waals surface area contributed by atoms with Gasteiger partial charge in [-0.3, -0.25) is 0 Å². The fourth-order valence-electron chi connectivity index (χ4n) is 1.37. The summed E-state index contributed by atoms with van der Waals surface area (Å²) < 4.78 is 0. The minimum atomic E-state index is -0.546. The van der Waals surface area contributed by atoms with Crippen molar-refractivity contribution in [2.45, 2.75) is 0 Å². The van der Waals surface area contributed by atoms with E-state index in [0.717, 1.165) is 0 Å². The molecule has 1 aromatic heterocycles. The fraction of sp³-hybridized carbons (Fsp3) is 0. The minimum absolute atomic E-state index is 0.0260. The first-order valence-corrected chi connectivity index (χ1v) is 3.84. The van der Waals surface area contributed by atoms with Gasteiger partial charge in [-0.25, -0.2) is 4.98 Å². The number of nitrogens with one attached hydrogen (secondary N) is 1. The molecule has 6 nitrogen and oxygen atoms in total. The van der Waals surface area contributed by atoms with Gasteiger partial charge in [0.1, 0.15) is 5.75 Å². The summed E-state index contributed by atoms with van der Waals surface area (Å²) in [5.74, 6) is 0.0539. The van der Waals surface area contributed by atoms with E-state index in [-0.39, 0.29) is 17.4 Å². The van der Waals surface area contributed by atoms with Gasteiger partial charge in [0.15, 0.2) is 5.82 Å². The molecule has 1 heterocycles. The molecule has 0 aliphatic heterocycles. The van der Waals surface area contributed by atoms with Crippen LogP contribution in [0.2, 0.25) is 0 Å². The number of nitro groups is 1. The van der Waals surface area contributed by atoms with E-state index in [1.807, 2.05) is 0 Å². The highest BCUT2D eigenvalue weighted by Gasteiger charge is 2.16. The number of rotatable bonds is 1. The fourth-order valence-corrected chi connectivity index (χ4v) is 1.37. The van der Waals surface area contributed by atoms with Gasteiger partial charge in [-0.1, -0.05) is 0 Å². The summed E-state index contributed by atoms with van der Waals surface area (Å²) in [6.07, 6.45) is 0. The average Bonchev–Trinajstić information content (AvgIpc) is 2.44. The van der Waals surface area contributed by atoms with Gasteiger partial charge in [0.05, 0.1) is 10.8 Å². The van der Waals surface area contributed by atoms with Gasteiger partial charge in [-0.15, -0.1) is 0 Å². The molecule has 0 saturated carbocycles. The van der Waals surface area contributed by atoms with E-state index in [0.29, 0.717) is 10.8 Å². The number of hydrogen-bond acceptors (Lipinski definition) is 4. The second kappa shape index (κ2) is 2.63. The first-order chi connectivity index (χ1) is 6.59. The van der Waals surface area contributed by atoms with Crippen LogP contribution in [0, 0.1) is 10.1 Å². The van der Waals surface area contributed by atoms with Crippen LogP contribution in [-0.2, 0) is 0 Å². The van der Waals surface area contributed by atoms with Crippen LogP contribution in [0.15, 0.2) is 18.2 Å². The highest BCUT2D eigenvalue weighted by Crippen LogP contribution is 2.32. The second-order valence-corrected chi connectivity index (χ2v) is 2.87. The van der Waals surface area contributed by atoms with Crippen molar-refractivity contribution in [2.24, 2.45) is 0 Å². The lowest BCUT2D eigenvalue weighted by Gasteiger charge is -1.92. The number of hydrogen-bond donors (Lipinski definition) is 3. The third-order valence-corrected chi connectivity index (χ3v) is 1.98. The van der Waals surface area contributed by atoms with E-state index in [1.165, 1.54) is 18.2 Å². The highest BCUT2D eigenvalue weighted by atomic mass is 16.6. The van der Waals surface area contributed by atoms with Gasteiger partial charge < -0.3 is 21.0 Å². The van der Waals surface area contributed by atoms with Gasteiger partial charge in [0.25, 0.3) is 0 Å². The predicted molar refractivity (Wildman–Crippen MR) is 51.0 cm³/mol. The van der Waals surface area contributed by atoms with Crippen LogP contribution in [0.5, 0.6) is 5.75 Å². The molecule has 4 N–H and O–H groups in total. The van der Waals surface area contributed by atoms with E-state index in [1.54, 1.807) is 0 Å². The molecule has 0 aliphatic rings. The number of fused-ring (bicyclic) bond motifs is 1. The lowest BCUT2D eigenvalue weighted by Crippen LogP contribution is -1.89. The number of nitrogens with zero attached hydrogens (tertiary/aromatic N) is 1. The Bertz CT molecular complexity index is 518. The molecular formula is C8H7N3O3. The summed E-state index contributed by atoms with van der Waals surface area (Å²) >= 11 is 0. The second-order valence-electron chi connectivity index (χ2n) is 2.87. The van der Waals surface area contributed by atoms with E-state index in [4.69, 9.17) is 10.8 Å². The van der Waals surface area contributed by atoms with Crippen molar-refractivity contribution in [3.8, 4) is 5.75 Å². The normalized spacial score (nSPS) is 10.6. The summed E-state index contributed by atoms with van der Waals surface area (Å²) in [6.45, 7) is 0. The molecule has 0 atom stereocenters. The smallest absolute Gasteiger partial charge is 0.330 e. The van der Waals surface area contributed by atoms with Crippen molar-refractivity contribution in [3.05, 3.63) is 28.3 Å². The predicted octanol–water partition coefficient (Wildman–Crippen LogP) is 1.36. The minimum Gasteiger partial charge on any atom is -0.508 e. The lowest BCUT2D eigenvalue weighted by molar-refractivity contribution is -0.387. The highest BCUT2D eigenvalue weighted by molar-refractivity contribution is 5.99. The lowest BCUT2D eigenvalue weighted by atomic mass is 10.2. The van der Waals surface area contributed by atoms with Gasteiger partial charge in [-0.2, -0.15) is 0 Å². The van der Waals surface area contributed by atoms with Crippen molar-refractivity contribution < 1.29 is 10.0 Å². The molecule has 2 aromatic rings. The molecule has 0 fully saturated rings. The molecule has 72 valence electrons. The van der Waals surface area contributed by atoms with Gasteiger partial charge >= 0.3 is 5.82 Å². The topological polar surface area (TPSA) is 105 Å². The van der Waals surface area contributed by atoms with Crippen LogP contribution < -0.4 is 5.73 Å². The van der Waals surface area contributed by atoms with Crippen LogP contribution in [0.3, 0.4) is 0 Å². The zero-order valence-corrected chi connectivity index (χ0v) is 7.02. The van der Waals surface area contributed by atoms with Gasteiger partial charge in [0.2, 0.25) is 0 Å². The Kier molecular flexibility index (Phi) is 1.57. The van der Waals surface area contributed by atoms with E-state index in [9.17, 15) is 10.1 Å². The van der Waals surface area contributed by atoms with Crippen molar-refractivity contribution >= 4 is 22.4 Å². The van der Waals surface area contributed by atoms with Crippen LogP contribution in [0.4, 0.5) is 11.6 Å². The monoisotopic (exact) mass is 193 g/mol. The average molecular weight is 193 g/mol. The number of benzene rings is 1. The molecule has 1 aromatic carbocycles. The number of aromatic nitrogens is 1. The molecule has 6 heteroatoms. The molecule has 0 spiro atoms. The van der Waals surface area contributed by atoms with E-state index >= 15 is 0 Å². The standard InChI is InChI=1S/C8H7N3O3/c9-7-6-3-4(12)1-2-5(6)8(10-7)11(13)14/h1-3,10,12H,9H2. The molecule has 2 rings (SSSR count). The number of aromatic amines is 1. The molecule has 0 saturated heterocycles. The Morgan fingerprint density at radius 1 is 1.43 bits per heavy atom. The van der Waals surface area contributed by atoms with E-state index in [2.05, 4.69) is 4.98 Å². The molecule has 0 amide bonds.